The van der Waals surface area contributed by atoms with Crippen LogP contribution in [0.1, 0.15) is 12.5 Å². The SMILES string of the molecule is CC1CN(C)CCN1c1ncc(CO)c2ccccc12. The van der Waals surface area contributed by atoms with Gasteiger partial charge in [-0.15, -0.1) is 0 Å². The molecule has 2 aromatic rings. The minimum atomic E-state index is 0.0338. The highest BCUT2D eigenvalue weighted by Crippen LogP contribution is 2.29. The number of anilines is 1. The summed E-state index contributed by atoms with van der Waals surface area (Å²) in [6.07, 6.45) is 1.81. The molecule has 106 valence electrons. The standard InChI is InChI=1S/C16H21N3O/c1-12-10-18(2)7-8-19(12)16-15-6-4-3-5-14(15)13(11-20)9-17-16/h3-6,9,12,20H,7-8,10-11H2,1-2H3. The average molecular weight is 271 g/mol. The third-order valence-corrected chi connectivity index (χ3v) is 4.13. The number of rotatable bonds is 2. The number of benzene rings is 1. The predicted molar refractivity (Wildman–Crippen MR) is 82.0 cm³/mol. The van der Waals surface area contributed by atoms with E-state index >= 15 is 0 Å². The van der Waals surface area contributed by atoms with Crippen LogP contribution >= 0.6 is 0 Å². The van der Waals surface area contributed by atoms with Gasteiger partial charge in [0.25, 0.3) is 0 Å². The molecule has 1 aromatic carbocycles. The number of nitrogens with zero attached hydrogens (tertiary/aromatic N) is 3. The molecule has 1 aliphatic rings. The molecule has 4 nitrogen and oxygen atoms in total. The summed E-state index contributed by atoms with van der Waals surface area (Å²) in [7, 11) is 2.16. The van der Waals surface area contributed by atoms with E-state index in [4.69, 9.17) is 0 Å². The van der Waals surface area contributed by atoms with E-state index in [0.717, 1.165) is 41.8 Å². The van der Waals surface area contributed by atoms with E-state index in [1.165, 1.54) is 0 Å². The highest BCUT2D eigenvalue weighted by atomic mass is 16.3. The van der Waals surface area contributed by atoms with Gasteiger partial charge in [-0.05, 0) is 19.4 Å². The minimum absolute atomic E-state index is 0.0338. The monoisotopic (exact) mass is 271 g/mol. The summed E-state index contributed by atoms with van der Waals surface area (Å²) in [6.45, 7) is 5.38. The zero-order chi connectivity index (χ0) is 14.1. The molecule has 1 saturated heterocycles. The van der Waals surface area contributed by atoms with Crippen LogP contribution in [0.5, 0.6) is 0 Å². The van der Waals surface area contributed by atoms with Crippen molar-refractivity contribution in [2.24, 2.45) is 0 Å². The maximum atomic E-state index is 9.46. The Kier molecular flexibility index (Phi) is 3.59. The predicted octanol–water partition coefficient (Wildman–Crippen LogP) is 1.87. The van der Waals surface area contributed by atoms with Gasteiger partial charge < -0.3 is 14.9 Å². The van der Waals surface area contributed by atoms with Crippen LogP contribution in [0.15, 0.2) is 30.5 Å². The first kappa shape index (κ1) is 13.3. The zero-order valence-electron chi connectivity index (χ0n) is 12.1. The van der Waals surface area contributed by atoms with Gasteiger partial charge in [-0.2, -0.15) is 0 Å². The van der Waals surface area contributed by atoms with Crippen molar-refractivity contribution in [1.29, 1.82) is 0 Å². The van der Waals surface area contributed by atoms with Crippen LogP contribution in [0.25, 0.3) is 10.8 Å². The Morgan fingerprint density at radius 3 is 2.70 bits per heavy atom. The molecule has 1 N–H and O–H groups in total. The van der Waals surface area contributed by atoms with Crippen molar-refractivity contribution in [3.8, 4) is 0 Å². The fourth-order valence-electron chi connectivity index (χ4n) is 3.05. The van der Waals surface area contributed by atoms with Crippen LogP contribution < -0.4 is 4.90 Å². The molecule has 0 radical (unpaired) electrons. The smallest absolute Gasteiger partial charge is 0.136 e. The molecule has 3 rings (SSSR count). The number of fused-ring (bicyclic) bond motifs is 1. The molecular weight excluding hydrogens is 250 g/mol. The molecule has 1 fully saturated rings. The summed E-state index contributed by atoms with van der Waals surface area (Å²) in [5.41, 5.74) is 0.895. The van der Waals surface area contributed by atoms with E-state index in [1.807, 2.05) is 18.3 Å². The second-order valence-electron chi connectivity index (χ2n) is 5.62. The number of likely N-dealkylation sites (N-methyl/N-ethyl adjacent to an activating group) is 1. The lowest BCUT2D eigenvalue weighted by molar-refractivity contribution is 0.274. The molecule has 1 aromatic heterocycles. The van der Waals surface area contributed by atoms with Crippen molar-refractivity contribution in [3.63, 3.8) is 0 Å². The van der Waals surface area contributed by atoms with Crippen LogP contribution in [-0.4, -0.2) is 47.7 Å². The van der Waals surface area contributed by atoms with E-state index in [-0.39, 0.29) is 6.61 Å². The Hall–Kier alpha value is -1.65. The summed E-state index contributed by atoms with van der Waals surface area (Å²) in [6, 6.07) is 8.66. The van der Waals surface area contributed by atoms with Crippen molar-refractivity contribution in [2.75, 3.05) is 31.6 Å². The van der Waals surface area contributed by atoms with Crippen LogP contribution in [0.3, 0.4) is 0 Å². The number of aliphatic hydroxyl groups is 1. The molecule has 20 heavy (non-hydrogen) atoms. The van der Waals surface area contributed by atoms with Gasteiger partial charge in [-0.25, -0.2) is 4.98 Å². The molecule has 0 amide bonds. The van der Waals surface area contributed by atoms with Gasteiger partial charge >= 0.3 is 0 Å². The Bertz CT molecular complexity index is 614. The second kappa shape index (κ2) is 5.38. The normalized spacial score (nSPS) is 20.6. The third-order valence-electron chi connectivity index (χ3n) is 4.13. The van der Waals surface area contributed by atoms with E-state index < -0.39 is 0 Å². The second-order valence-corrected chi connectivity index (χ2v) is 5.62. The maximum Gasteiger partial charge on any atom is 0.136 e. The van der Waals surface area contributed by atoms with Crippen LogP contribution in [0.4, 0.5) is 5.82 Å². The lowest BCUT2D eigenvalue weighted by Crippen LogP contribution is -2.50. The lowest BCUT2D eigenvalue weighted by Gasteiger charge is -2.39. The Labute approximate surface area is 119 Å². The van der Waals surface area contributed by atoms with Gasteiger partial charge in [-0.3, -0.25) is 0 Å². The molecule has 1 unspecified atom stereocenters. The lowest BCUT2D eigenvalue weighted by atomic mass is 10.1. The number of aliphatic hydroxyl groups excluding tert-OH is 1. The molecule has 0 spiro atoms. The third kappa shape index (κ3) is 2.25. The van der Waals surface area contributed by atoms with Crippen LogP contribution in [-0.2, 0) is 6.61 Å². The molecule has 2 heterocycles. The van der Waals surface area contributed by atoms with Crippen molar-refractivity contribution >= 4 is 16.6 Å². The number of aromatic nitrogens is 1. The molecule has 0 saturated carbocycles. The van der Waals surface area contributed by atoms with E-state index in [0.29, 0.717) is 6.04 Å². The number of pyridine rings is 1. The summed E-state index contributed by atoms with van der Waals surface area (Å²) in [5, 5.41) is 11.7. The first-order chi connectivity index (χ1) is 9.70. The highest BCUT2D eigenvalue weighted by Gasteiger charge is 2.24. The van der Waals surface area contributed by atoms with Gasteiger partial charge in [0.1, 0.15) is 5.82 Å². The minimum Gasteiger partial charge on any atom is -0.392 e. The van der Waals surface area contributed by atoms with Gasteiger partial charge in [0.15, 0.2) is 0 Å². The van der Waals surface area contributed by atoms with Crippen LogP contribution in [0, 0.1) is 0 Å². The number of hydrogen-bond acceptors (Lipinski definition) is 4. The molecule has 4 heteroatoms. The summed E-state index contributed by atoms with van der Waals surface area (Å²) < 4.78 is 0. The highest BCUT2D eigenvalue weighted by molar-refractivity contribution is 5.94. The average Bonchev–Trinajstić information content (AvgIpc) is 2.47. The summed E-state index contributed by atoms with van der Waals surface area (Å²) >= 11 is 0. The van der Waals surface area contributed by atoms with E-state index in [2.05, 4.69) is 40.9 Å². The van der Waals surface area contributed by atoms with Crippen molar-refractivity contribution < 1.29 is 5.11 Å². The number of hydrogen-bond donors (Lipinski definition) is 1. The Balaban J connectivity index is 2.08. The van der Waals surface area contributed by atoms with Gasteiger partial charge in [0, 0.05) is 42.8 Å². The summed E-state index contributed by atoms with van der Waals surface area (Å²) in [4.78, 5) is 9.36. The number of piperazine rings is 1. The van der Waals surface area contributed by atoms with Gasteiger partial charge in [0.2, 0.25) is 0 Å². The van der Waals surface area contributed by atoms with Crippen LogP contribution in [0.2, 0.25) is 0 Å². The fraction of sp³-hybridized carbons (Fsp3) is 0.438. The maximum absolute atomic E-state index is 9.46. The molecule has 0 aliphatic carbocycles. The molecule has 0 bridgehead atoms. The zero-order valence-corrected chi connectivity index (χ0v) is 12.1. The molecule has 1 atom stereocenters. The van der Waals surface area contributed by atoms with E-state index in [1.54, 1.807) is 0 Å². The topological polar surface area (TPSA) is 39.6 Å². The molecular formula is C16H21N3O. The first-order valence-electron chi connectivity index (χ1n) is 7.13. The fourth-order valence-corrected chi connectivity index (χ4v) is 3.05. The first-order valence-corrected chi connectivity index (χ1v) is 7.13. The van der Waals surface area contributed by atoms with Crippen molar-refractivity contribution in [2.45, 2.75) is 19.6 Å². The van der Waals surface area contributed by atoms with E-state index in [9.17, 15) is 5.11 Å². The molecule has 1 aliphatic heterocycles. The largest absolute Gasteiger partial charge is 0.392 e. The van der Waals surface area contributed by atoms with Gasteiger partial charge in [-0.1, -0.05) is 24.3 Å². The van der Waals surface area contributed by atoms with Crippen molar-refractivity contribution in [3.05, 3.63) is 36.0 Å². The Morgan fingerprint density at radius 1 is 1.25 bits per heavy atom. The summed E-state index contributed by atoms with van der Waals surface area (Å²) in [5.74, 6) is 1.04. The van der Waals surface area contributed by atoms with Crippen molar-refractivity contribution in [1.82, 2.24) is 9.88 Å². The van der Waals surface area contributed by atoms with Gasteiger partial charge in [0.05, 0.1) is 6.61 Å². The quantitative estimate of drug-likeness (QED) is 0.905. The Morgan fingerprint density at radius 2 is 2.00 bits per heavy atom.